The number of carbonyl (C=O) groups excluding carboxylic acids is 1. The van der Waals surface area contributed by atoms with Crippen molar-refractivity contribution >= 4 is 17.5 Å². The smallest absolute Gasteiger partial charge is 0.416 e. The van der Waals surface area contributed by atoms with Crippen LogP contribution in [0.25, 0.3) is 0 Å². The number of likely N-dealkylation sites (N-methyl/N-ethyl adjacent to an activating group) is 1. The number of ether oxygens (including phenoxy) is 1. The average molecular weight is 387 g/mol. The van der Waals surface area contributed by atoms with E-state index in [4.69, 9.17) is 22.1 Å². The number of rotatable bonds is 7. The normalized spacial score (nSPS) is 11.4. The van der Waals surface area contributed by atoms with Gasteiger partial charge in [0, 0.05) is 5.56 Å². The van der Waals surface area contributed by atoms with Gasteiger partial charge in [-0.05, 0) is 55.4 Å². The Kier molecular flexibility index (Phi) is 6.50. The third-order valence-electron chi connectivity index (χ3n) is 3.81. The van der Waals surface area contributed by atoms with Gasteiger partial charge in [0.05, 0.1) is 10.6 Å². The summed E-state index contributed by atoms with van der Waals surface area (Å²) in [7, 11) is 1.78. The highest BCUT2D eigenvalue weighted by molar-refractivity contribution is 6.32. The second-order valence-corrected chi connectivity index (χ2v) is 6.00. The summed E-state index contributed by atoms with van der Waals surface area (Å²) in [6, 6.07) is 7.98. The highest BCUT2D eigenvalue weighted by Gasteiger charge is 2.31. The molecule has 0 aliphatic carbocycles. The molecule has 1 amide bonds. The van der Waals surface area contributed by atoms with Crippen LogP contribution in [-0.4, -0.2) is 19.5 Å². The third-order valence-corrected chi connectivity index (χ3v) is 4.10. The summed E-state index contributed by atoms with van der Waals surface area (Å²) in [5.74, 6) is -0.422. The molecule has 0 aliphatic heterocycles. The van der Waals surface area contributed by atoms with Crippen molar-refractivity contribution in [3.8, 4) is 5.75 Å². The molecule has 8 heteroatoms. The molecule has 2 aromatic rings. The first-order valence-corrected chi connectivity index (χ1v) is 8.16. The molecular weight excluding hydrogens is 369 g/mol. The molecule has 0 heterocycles. The number of hydrogen-bond acceptors (Lipinski definition) is 3. The lowest BCUT2D eigenvalue weighted by Gasteiger charge is -2.15. The predicted octanol–water partition coefficient (Wildman–Crippen LogP) is 3.80. The van der Waals surface area contributed by atoms with Gasteiger partial charge in [0.1, 0.15) is 12.4 Å². The minimum atomic E-state index is -4.47. The van der Waals surface area contributed by atoms with E-state index in [2.05, 4.69) is 5.32 Å². The average Bonchev–Trinajstić information content (AvgIpc) is 2.58. The Hall–Kier alpha value is -2.25. The van der Waals surface area contributed by atoms with Crippen LogP contribution in [0.5, 0.6) is 5.75 Å². The maximum atomic E-state index is 12.7. The van der Waals surface area contributed by atoms with Crippen LogP contribution < -0.4 is 15.8 Å². The fraction of sp³-hybridized carbons (Fsp3) is 0.278. The van der Waals surface area contributed by atoms with Gasteiger partial charge in [-0.2, -0.15) is 13.2 Å². The molecule has 140 valence electrons. The van der Waals surface area contributed by atoms with Gasteiger partial charge in [-0.25, -0.2) is 0 Å². The number of primary amides is 1. The molecule has 0 spiro atoms. The Balaban J connectivity index is 2.24. The lowest BCUT2D eigenvalue weighted by Crippen LogP contribution is -2.19. The summed E-state index contributed by atoms with van der Waals surface area (Å²) < 4.78 is 43.7. The standard InChI is InChI=1S/C18H18ClF3N2O2/c1-24-8-7-13-11(3-2-4-14(13)17(23)25)10-26-16-6-5-12(9-15(16)19)18(20,21)22/h2-6,9,24H,7-8,10H2,1H3,(H2,23,25). The molecule has 0 radical (unpaired) electrons. The monoisotopic (exact) mass is 386 g/mol. The van der Waals surface area contributed by atoms with E-state index in [0.717, 1.165) is 17.7 Å². The van der Waals surface area contributed by atoms with Crippen molar-refractivity contribution in [2.75, 3.05) is 13.6 Å². The Morgan fingerprint density at radius 1 is 1.27 bits per heavy atom. The number of hydrogen-bond donors (Lipinski definition) is 2. The maximum absolute atomic E-state index is 12.7. The Morgan fingerprint density at radius 3 is 2.58 bits per heavy atom. The fourth-order valence-electron chi connectivity index (χ4n) is 2.50. The Labute approximate surface area is 154 Å². The van der Waals surface area contributed by atoms with Gasteiger partial charge in [-0.3, -0.25) is 4.79 Å². The summed E-state index contributed by atoms with van der Waals surface area (Å²) in [5, 5.41) is 2.86. The van der Waals surface area contributed by atoms with Crippen LogP contribution in [0, 0.1) is 0 Å². The van der Waals surface area contributed by atoms with Crippen LogP contribution in [0.4, 0.5) is 13.2 Å². The molecule has 0 saturated heterocycles. The van der Waals surface area contributed by atoms with E-state index in [1.165, 1.54) is 6.07 Å². The lowest BCUT2D eigenvalue weighted by molar-refractivity contribution is -0.137. The van der Waals surface area contributed by atoms with Crippen molar-refractivity contribution in [3.63, 3.8) is 0 Å². The molecule has 0 unspecified atom stereocenters. The van der Waals surface area contributed by atoms with E-state index in [1.807, 2.05) is 0 Å². The summed E-state index contributed by atoms with van der Waals surface area (Å²) in [6.45, 7) is 0.670. The second-order valence-electron chi connectivity index (χ2n) is 5.59. The van der Waals surface area contributed by atoms with Gasteiger partial charge < -0.3 is 15.8 Å². The highest BCUT2D eigenvalue weighted by Crippen LogP contribution is 2.35. The van der Waals surface area contributed by atoms with Crippen molar-refractivity contribution < 1.29 is 22.7 Å². The fourth-order valence-corrected chi connectivity index (χ4v) is 2.73. The Bertz CT molecular complexity index is 794. The zero-order valence-corrected chi connectivity index (χ0v) is 14.7. The number of alkyl halides is 3. The van der Waals surface area contributed by atoms with Gasteiger partial charge in [-0.15, -0.1) is 0 Å². The minimum Gasteiger partial charge on any atom is -0.487 e. The summed E-state index contributed by atoms with van der Waals surface area (Å²) >= 11 is 5.90. The third kappa shape index (κ3) is 4.89. The molecule has 0 bridgehead atoms. The number of halogens is 4. The van der Waals surface area contributed by atoms with Crippen LogP contribution in [0.3, 0.4) is 0 Å². The summed E-state index contributed by atoms with van der Waals surface area (Å²) in [6.07, 6.45) is -3.92. The molecule has 0 aliphatic rings. The Morgan fingerprint density at radius 2 is 2.00 bits per heavy atom. The number of carbonyl (C=O) groups is 1. The minimum absolute atomic E-state index is 0.0469. The zero-order valence-electron chi connectivity index (χ0n) is 14.0. The predicted molar refractivity (Wildman–Crippen MR) is 93.4 cm³/mol. The molecular formula is C18H18ClF3N2O2. The topological polar surface area (TPSA) is 64.3 Å². The van der Waals surface area contributed by atoms with E-state index < -0.39 is 17.6 Å². The van der Waals surface area contributed by atoms with Gasteiger partial charge >= 0.3 is 6.18 Å². The van der Waals surface area contributed by atoms with Crippen molar-refractivity contribution in [1.82, 2.24) is 5.32 Å². The summed E-state index contributed by atoms with van der Waals surface area (Å²) in [5.41, 5.74) is 6.41. The van der Waals surface area contributed by atoms with Crippen molar-refractivity contribution in [1.29, 1.82) is 0 Å². The first kappa shape index (κ1) is 20.1. The van der Waals surface area contributed by atoms with E-state index in [9.17, 15) is 18.0 Å². The number of benzene rings is 2. The second kappa shape index (κ2) is 8.42. The molecule has 2 rings (SSSR count). The molecule has 4 nitrogen and oxygen atoms in total. The van der Waals surface area contributed by atoms with E-state index in [-0.39, 0.29) is 17.4 Å². The molecule has 0 fully saturated rings. The SMILES string of the molecule is CNCCc1c(COc2ccc(C(F)(F)F)cc2Cl)cccc1C(N)=O. The number of amides is 1. The number of nitrogens with one attached hydrogen (secondary N) is 1. The van der Waals surface area contributed by atoms with E-state index >= 15 is 0 Å². The summed E-state index contributed by atoms with van der Waals surface area (Å²) in [4.78, 5) is 11.6. The molecule has 3 N–H and O–H groups in total. The molecule has 0 aromatic heterocycles. The molecule has 26 heavy (non-hydrogen) atoms. The van der Waals surface area contributed by atoms with Gasteiger partial charge in [0.2, 0.25) is 5.91 Å². The van der Waals surface area contributed by atoms with Crippen LogP contribution in [-0.2, 0) is 19.2 Å². The maximum Gasteiger partial charge on any atom is 0.416 e. The van der Waals surface area contributed by atoms with Crippen LogP contribution in [0.2, 0.25) is 5.02 Å². The van der Waals surface area contributed by atoms with Gasteiger partial charge in [0.25, 0.3) is 0 Å². The quantitative estimate of drug-likeness (QED) is 0.760. The lowest BCUT2D eigenvalue weighted by atomic mass is 9.98. The number of nitrogens with two attached hydrogens (primary N) is 1. The van der Waals surface area contributed by atoms with Crippen LogP contribution in [0.15, 0.2) is 36.4 Å². The van der Waals surface area contributed by atoms with E-state index in [1.54, 1.807) is 25.2 Å². The molecule has 0 saturated carbocycles. The van der Waals surface area contributed by atoms with Crippen LogP contribution >= 0.6 is 11.6 Å². The van der Waals surface area contributed by atoms with Crippen molar-refractivity contribution in [2.45, 2.75) is 19.2 Å². The van der Waals surface area contributed by atoms with Gasteiger partial charge in [0.15, 0.2) is 0 Å². The zero-order chi connectivity index (χ0) is 19.3. The van der Waals surface area contributed by atoms with Crippen molar-refractivity contribution in [2.24, 2.45) is 5.73 Å². The largest absolute Gasteiger partial charge is 0.487 e. The molecule has 0 atom stereocenters. The van der Waals surface area contributed by atoms with Gasteiger partial charge in [-0.1, -0.05) is 23.7 Å². The highest BCUT2D eigenvalue weighted by atomic mass is 35.5. The van der Waals surface area contributed by atoms with Crippen LogP contribution in [0.1, 0.15) is 27.0 Å². The first-order chi connectivity index (χ1) is 12.2. The van der Waals surface area contributed by atoms with E-state index in [0.29, 0.717) is 24.1 Å². The van der Waals surface area contributed by atoms with Crippen molar-refractivity contribution in [3.05, 3.63) is 63.7 Å². The first-order valence-electron chi connectivity index (χ1n) is 7.78. The molecule has 2 aromatic carbocycles.